The van der Waals surface area contributed by atoms with Gasteiger partial charge < -0.3 is 13.8 Å². The van der Waals surface area contributed by atoms with Gasteiger partial charge in [0.2, 0.25) is 5.82 Å². The van der Waals surface area contributed by atoms with E-state index in [1.54, 1.807) is 31.2 Å². The van der Waals surface area contributed by atoms with Crippen LogP contribution in [0.25, 0.3) is 22.9 Å². The first-order chi connectivity index (χ1) is 13.6. The van der Waals surface area contributed by atoms with Crippen LogP contribution in [0.1, 0.15) is 27.6 Å². The highest BCUT2D eigenvalue weighted by Gasteiger charge is 2.13. The molecule has 140 valence electrons. The maximum Gasteiger partial charge on any atom is 0.338 e. The molecule has 0 saturated carbocycles. The van der Waals surface area contributed by atoms with Gasteiger partial charge in [-0.15, -0.1) is 0 Å². The molecule has 2 aromatic carbocycles. The van der Waals surface area contributed by atoms with Gasteiger partial charge in [-0.3, -0.25) is 0 Å². The zero-order valence-corrected chi connectivity index (χ0v) is 15.2. The molecule has 0 fully saturated rings. The van der Waals surface area contributed by atoms with Crippen LogP contribution in [0.5, 0.6) is 0 Å². The average Bonchev–Trinajstić information content (AvgIpc) is 3.36. The van der Waals surface area contributed by atoms with Crippen LogP contribution in [-0.2, 0) is 11.3 Å². The molecule has 2 heterocycles. The first-order valence-corrected chi connectivity index (χ1v) is 8.56. The first-order valence-electron chi connectivity index (χ1n) is 8.56. The summed E-state index contributed by atoms with van der Waals surface area (Å²) >= 11 is 0. The lowest BCUT2D eigenvalue weighted by Crippen LogP contribution is -2.06. The van der Waals surface area contributed by atoms with E-state index in [0.29, 0.717) is 29.0 Å². The summed E-state index contributed by atoms with van der Waals surface area (Å²) in [5.74, 6) is 1.12. The molecule has 0 amide bonds. The molecule has 0 aliphatic heterocycles. The standard InChI is InChI=1S/C20H16N4O4/c1-12-3-5-14(6-4-12)19-22-17(24-28-19)11-26-20(25)16-9-7-15(8-10-16)18-21-13(2)23-27-18/h3-10H,11H2,1-2H3. The van der Waals surface area contributed by atoms with Gasteiger partial charge >= 0.3 is 5.97 Å². The van der Waals surface area contributed by atoms with Gasteiger partial charge in [0.1, 0.15) is 0 Å². The molecule has 4 aromatic rings. The van der Waals surface area contributed by atoms with E-state index >= 15 is 0 Å². The van der Waals surface area contributed by atoms with E-state index in [1.165, 1.54) is 0 Å². The van der Waals surface area contributed by atoms with E-state index in [2.05, 4.69) is 20.3 Å². The normalized spacial score (nSPS) is 10.8. The quantitative estimate of drug-likeness (QED) is 0.485. The third-order valence-electron chi connectivity index (χ3n) is 3.99. The topological polar surface area (TPSA) is 104 Å². The van der Waals surface area contributed by atoms with Crippen molar-refractivity contribution in [3.63, 3.8) is 0 Å². The van der Waals surface area contributed by atoms with Crippen LogP contribution in [0.4, 0.5) is 0 Å². The predicted octanol–water partition coefficient (Wildman–Crippen LogP) is 3.76. The Kier molecular flexibility index (Phi) is 4.67. The Morgan fingerprint density at radius 1 is 0.857 bits per heavy atom. The first kappa shape index (κ1) is 17.6. The van der Waals surface area contributed by atoms with Crippen LogP contribution >= 0.6 is 0 Å². The molecule has 0 bridgehead atoms. The molecule has 0 spiro atoms. The fourth-order valence-electron chi connectivity index (χ4n) is 2.50. The van der Waals surface area contributed by atoms with Crippen molar-refractivity contribution in [1.82, 2.24) is 20.3 Å². The van der Waals surface area contributed by atoms with Crippen molar-refractivity contribution in [3.8, 4) is 22.9 Å². The summed E-state index contributed by atoms with van der Waals surface area (Å²) in [6, 6.07) is 14.4. The maximum atomic E-state index is 12.2. The zero-order valence-electron chi connectivity index (χ0n) is 15.2. The lowest BCUT2D eigenvalue weighted by molar-refractivity contribution is 0.0459. The Hall–Kier alpha value is -3.81. The summed E-state index contributed by atoms with van der Waals surface area (Å²) in [5, 5.41) is 7.59. The summed E-state index contributed by atoms with van der Waals surface area (Å²) in [5.41, 5.74) is 3.06. The molecule has 8 nitrogen and oxygen atoms in total. The Morgan fingerprint density at radius 2 is 1.46 bits per heavy atom. The van der Waals surface area contributed by atoms with E-state index in [1.807, 2.05) is 31.2 Å². The van der Waals surface area contributed by atoms with Gasteiger partial charge in [0, 0.05) is 11.1 Å². The van der Waals surface area contributed by atoms with E-state index in [9.17, 15) is 4.79 Å². The smallest absolute Gasteiger partial charge is 0.338 e. The molecular weight excluding hydrogens is 360 g/mol. The molecule has 0 aliphatic rings. The number of hydrogen-bond acceptors (Lipinski definition) is 8. The van der Waals surface area contributed by atoms with Crippen molar-refractivity contribution in [2.75, 3.05) is 0 Å². The number of carbonyl (C=O) groups excluding carboxylic acids is 1. The number of aromatic nitrogens is 4. The number of rotatable bonds is 5. The van der Waals surface area contributed by atoms with E-state index < -0.39 is 5.97 Å². The van der Waals surface area contributed by atoms with Gasteiger partial charge in [-0.1, -0.05) is 28.0 Å². The van der Waals surface area contributed by atoms with Gasteiger partial charge in [-0.2, -0.15) is 9.97 Å². The van der Waals surface area contributed by atoms with Crippen LogP contribution in [0.15, 0.2) is 57.6 Å². The molecule has 0 unspecified atom stereocenters. The van der Waals surface area contributed by atoms with Crippen LogP contribution in [0.2, 0.25) is 0 Å². The van der Waals surface area contributed by atoms with Crippen molar-refractivity contribution in [2.24, 2.45) is 0 Å². The number of ether oxygens (including phenoxy) is 1. The molecular formula is C20H16N4O4. The van der Waals surface area contributed by atoms with Gasteiger partial charge in [-0.25, -0.2) is 4.79 Å². The van der Waals surface area contributed by atoms with Crippen molar-refractivity contribution < 1.29 is 18.6 Å². The fraction of sp³-hybridized carbons (Fsp3) is 0.150. The van der Waals surface area contributed by atoms with E-state index in [0.717, 1.165) is 16.7 Å². The number of esters is 1. The number of aryl methyl sites for hydroxylation is 2. The molecule has 0 N–H and O–H groups in total. The minimum absolute atomic E-state index is 0.0845. The molecule has 0 atom stereocenters. The van der Waals surface area contributed by atoms with Crippen molar-refractivity contribution >= 4 is 5.97 Å². The van der Waals surface area contributed by atoms with Crippen LogP contribution in [0, 0.1) is 13.8 Å². The van der Waals surface area contributed by atoms with Crippen LogP contribution in [-0.4, -0.2) is 26.3 Å². The second-order valence-corrected chi connectivity index (χ2v) is 6.18. The van der Waals surface area contributed by atoms with Crippen molar-refractivity contribution in [3.05, 3.63) is 71.3 Å². The second kappa shape index (κ2) is 7.43. The predicted molar refractivity (Wildman–Crippen MR) is 98.1 cm³/mol. The monoisotopic (exact) mass is 376 g/mol. The molecule has 0 aliphatic carbocycles. The highest BCUT2D eigenvalue weighted by molar-refractivity contribution is 5.89. The largest absolute Gasteiger partial charge is 0.454 e. The second-order valence-electron chi connectivity index (χ2n) is 6.18. The number of hydrogen-bond donors (Lipinski definition) is 0. The molecule has 8 heteroatoms. The zero-order chi connectivity index (χ0) is 19.5. The highest BCUT2D eigenvalue weighted by Crippen LogP contribution is 2.19. The third kappa shape index (κ3) is 3.80. The summed E-state index contributed by atoms with van der Waals surface area (Å²) < 4.78 is 15.6. The Labute approximate surface area is 160 Å². The third-order valence-corrected chi connectivity index (χ3v) is 3.99. The fourth-order valence-corrected chi connectivity index (χ4v) is 2.50. The lowest BCUT2D eigenvalue weighted by Gasteiger charge is -2.02. The lowest BCUT2D eigenvalue weighted by atomic mass is 10.1. The number of benzene rings is 2. The Balaban J connectivity index is 1.38. The Morgan fingerprint density at radius 3 is 2.11 bits per heavy atom. The molecule has 2 aromatic heterocycles. The number of nitrogens with zero attached hydrogens (tertiary/aromatic N) is 4. The van der Waals surface area contributed by atoms with Crippen molar-refractivity contribution in [1.29, 1.82) is 0 Å². The highest BCUT2D eigenvalue weighted by atomic mass is 16.5. The summed E-state index contributed by atoms with van der Waals surface area (Å²) in [4.78, 5) is 20.6. The Bertz CT molecular complexity index is 1100. The number of carbonyl (C=O) groups is 1. The van der Waals surface area contributed by atoms with Gasteiger partial charge in [0.05, 0.1) is 5.56 Å². The van der Waals surface area contributed by atoms with Crippen LogP contribution in [0.3, 0.4) is 0 Å². The minimum Gasteiger partial charge on any atom is -0.454 e. The molecule has 0 saturated heterocycles. The summed E-state index contributed by atoms with van der Waals surface area (Å²) in [7, 11) is 0. The maximum absolute atomic E-state index is 12.2. The SMILES string of the molecule is Cc1ccc(-c2nc(COC(=O)c3ccc(-c4nc(C)no4)cc3)no2)cc1. The summed E-state index contributed by atoms with van der Waals surface area (Å²) in [6.07, 6.45) is 0. The van der Waals surface area contributed by atoms with Gasteiger partial charge in [-0.05, 0) is 50.2 Å². The summed E-state index contributed by atoms with van der Waals surface area (Å²) in [6.45, 7) is 3.65. The van der Waals surface area contributed by atoms with Gasteiger partial charge in [0.15, 0.2) is 12.4 Å². The minimum atomic E-state index is -0.491. The average molecular weight is 376 g/mol. The van der Waals surface area contributed by atoms with E-state index in [4.69, 9.17) is 13.8 Å². The van der Waals surface area contributed by atoms with E-state index in [-0.39, 0.29) is 6.61 Å². The molecule has 28 heavy (non-hydrogen) atoms. The van der Waals surface area contributed by atoms with Crippen molar-refractivity contribution in [2.45, 2.75) is 20.5 Å². The molecule has 0 radical (unpaired) electrons. The van der Waals surface area contributed by atoms with Crippen LogP contribution < -0.4 is 0 Å². The van der Waals surface area contributed by atoms with Gasteiger partial charge in [0.25, 0.3) is 11.8 Å². The molecule has 4 rings (SSSR count).